The largest absolute Gasteiger partial charge is 0.478 e. The lowest BCUT2D eigenvalue weighted by Crippen LogP contribution is -2.50. The summed E-state index contributed by atoms with van der Waals surface area (Å²) in [6.07, 6.45) is -6.86. The molecule has 6 atom stereocenters. The average molecular weight is 627 g/mol. The normalized spacial score (nSPS) is 27.8. The Kier molecular flexibility index (Phi) is 8.52. The summed E-state index contributed by atoms with van der Waals surface area (Å²) in [5.41, 5.74) is -1.15. The van der Waals surface area contributed by atoms with Crippen molar-refractivity contribution >= 4 is 23.5 Å². The number of anilines is 1. The van der Waals surface area contributed by atoms with E-state index >= 15 is 0 Å². The average Bonchev–Trinajstić information content (AvgIpc) is 3.46. The Labute approximate surface area is 247 Å². The van der Waals surface area contributed by atoms with Gasteiger partial charge in [-0.25, -0.2) is 9.18 Å². The molecule has 0 radical (unpaired) electrons. The Bertz CT molecular complexity index is 1490. The van der Waals surface area contributed by atoms with Gasteiger partial charge in [-0.15, -0.1) is 0 Å². The van der Waals surface area contributed by atoms with Crippen LogP contribution >= 0.6 is 0 Å². The number of rotatable bonds is 6. The molecular formula is C31H29F7N2O4. The highest BCUT2D eigenvalue weighted by atomic mass is 19.4. The summed E-state index contributed by atoms with van der Waals surface area (Å²) in [4.78, 5) is 38.4. The smallest absolute Gasteiger partial charge is 0.419 e. The van der Waals surface area contributed by atoms with Crippen LogP contribution in [0.2, 0.25) is 0 Å². The van der Waals surface area contributed by atoms with E-state index in [1.54, 1.807) is 18.2 Å². The highest BCUT2D eigenvalue weighted by Crippen LogP contribution is 2.54. The second-order valence-corrected chi connectivity index (χ2v) is 11.7. The molecule has 5 rings (SSSR count). The standard InChI is InChI=1S/C31H29F7N2O4/c32-24-10-7-19(13-23(24)31(36,37)38)39-28(42)25-20-8-9-21(22(20)14-30(33,34)35)26(25)40-27(41)17-5-1-3-15(11-17)16-4-2-6-18(12-16)29(43)44/h2,4,6-7,10,12-15,17,20-21,25-26H,1,3,5,8-9,11H2,(H,39,42)(H,40,41)(H,43,44)/t15?,17?,20?,21?,25-,26+/m0/s1. The van der Waals surface area contributed by atoms with Gasteiger partial charge in [-0.3, -0.25) is 9.59 Å². The van der Waals surface area contributed by atoms with Gasteiger partial charge in [-0.2, -0.15) is 26.3 Å². The van der Waals surface area contributed by atoms with Gasteiger partial charge in [0.1, 0.15) is 5.82 Å². The molecule has 2 bridgehead atoms. The zero-order valence-corrected chi connectivity index (χ0v) is 23.1. The van der Waals surface area contributed by atoms with Crippen molar-refractivity contribution in [1.29, 1.82) is 0 Å². The van der Waals surface area contributed by atoms with E-state index < -0.39 is 71.2 Å². The Hall–Kier alpha value is -3.90. The third kappa shape index (κ3) is 6.61. The number of carboxylic acid groups (broad SMARTS) is 1. The Balaban J connectivity index is 1.38. The molecule has 0 aliphatic heterocycles. The van der Waals surface area contributed by atoms with Gasteiger partial charge in [0.15, 0.2) is 0 Å². The van der Waals surface area contributed by atoms with E-state index in [1.165, 1.54) is 6.07 Å². The fourth-order valence-electron chi connectivity index (χ4n) is 7.17. The Morgan fingerprint density at radius 3 is 2.30 bits per heavy atom. The molecule has 4 unspecified atom stereocenters. The van der Waals surface area contributed by atoms with Crippen LogP contribution in [-0.2, 0) is 15.8 Å². The van der Waals surface area contributed by atoms with Gasteiger partial charge in [-0.1, -0.05) is 24.1 Å². The van der Waals surface area contributed by atoms with Gasteiger partial charge in [-0.05, 0) is 79.8 Å². The second kappa shape index (κ2) is 11.9. The molecule has 3 N–H and O–H groups in total. The molecule has 0 aromatic heterocycles. The molecule has 6 nitrogen and oxygen atoms in total. The number of alkyl halides is 6. The van der Waals surface area contributed by atoms with E-state index in [-0.39, 0.29) is 41.7 Å². The number of nitrogens with one attached hydrogen (secondary N) is 2. The highest BCUT2D eigenvalue weighted by Gasteiger charge is 2.56. The zero-order chi connectivity index (χ0) is 32.0. The van der Waals surface area contributed by atoms with E-state index in [0.717, 1.165) is 11.6 Å². The van der Waals surface area contributed by atoms with Crippen LogP contribution in [0, 0.1) is 29.5 Å². The Morgan fingerprint density at radius 2 is 1.61 bits per heavy atom. The van der Waals surface area contributed by atoms with Gasteiger partial charge in [0.25, 0.3) is 0 Å². The van der Waals surface area contributed by atoms with Crippen molar-refractivity contribution in [2.45, 2.75) is 62.8 Å². The maximum atomic E-state index is 13.8. The molecule has 3 fully saturated rings. The summed E-state index contributed by atoms with van der Waals surface area (Å²) < 4.78 is 93.9. The fourth-order valence-corrected chi connectivity index (χ4v) is 7.17. The van der Waals surface area contributed by atoms with Crippen LogP contribution in [0.4, 0.5) is 36.4 Å². The first kappa shape index (κ1) is 31.5. The molecule has 13 heteroatoms. The number of carbonyl (C=O) groups is 3. The lowest BCUT2D eigenvalue weighted by atomic mass is 9.77. The number of halogens is 7. The number of fused-ring (bicyclic) bond motifs is 2. The van der Waals surface area contributed by atoms with Crippen LogP contribution in [0.15, 0.2) is 54.1 Å². The number of allylic oxidation sites excluding steroid dienone is 1. The van der Waals surface area contributed by atoms with Gasteiger partial charge in [0.05, 0.1) is 17.0 Å². The third-order valence-electron chi connectivity index (χ3n) is 9.03. The van der Waals surface area contributed by atoms with Crippen LogP contribution in [0.25, 0.3) is 0 Å². The van der Waals surface area contributed by atoms with Crippen molar-refractivity contribution in [3.05, 3.63) is 76.6 Å². The first-order valence-corrected chi connectivity index (χ1v) is 14.2. The number of aromatic carboxylic acids is 1. The van der Waals surface area contributed by atoms with Gasteiger partial charge in [0.2, 0.25) is 11.8 Å². The van der Waals surface area contributed by atoms with E-state index in [9.17, 15) is 50.2 Å². The molecule has 2 amide bonds. The first-order chi connectivity index (χ1) is 20.6. The summed E-state index contributed by atoms with van der Waals surface area (Å²) in [7, 11) is 0. The van der Waals surface area contributed by atoms with Crippen molar-refractivity contribution in [1.82, 2.24) is 5.32 Å². The minimum absolute atomic E-state index is 0.0370. The third-order valence-corrected chi connectivity index (χ3v) is 9.03. The predicted molar refractivity (Wildman–Crippen MR) is 144 cm³/mol. The summed E-state index contributed by atoms with van der Waals surface area (Å²) in [6, 6.07) is 7.26. The highest BCUT2D eigenvalue weighted by molar-refractivity contribution is 5.95. The van der Waals surface area contributed by atoms with Gasteiger partial charge in [0, 0.05) is 29.6 Å². The summed E-state index contributed by atoms with van der Waals surface area (Å²) in [5, 5.41) is 14.5. The number of carbonyl (C=O) groups excluding carboxylic acids is 2. The fraction of sp³-hybridized carbons (Fsp3) is 0.452. The number of hydrogen-bond acceptors (Lipinski definition) is 3. The topological polar surface area (TPSA) is 95.5 Å². The predicted octanol–water partition coefficient (Wildman–Crippen LogP) is 7.08. The number of hydrogen-bond donors (Lipinski definition) is 3. The van der Waals surface area contributed by atoms with Crippen LogP contribution in [-0.4, -0.2) is 35.1 Å². The summed E-state index contributed by atoms with van der Waals surface area (Å²) in [5.74, 6) is -7.52. The molecule has 3 aliphatic carbocycles. The van der Waals surface area contributed by atoms with Crippen molar-refractivity contribution in [2.75, 3.05) is 5.32 Å². The van der Waals surface area contributed by atoms with Gasteiger partial charge >= 0.3 is 18.3 Å². The quantitative estimate of drug-likeness (QED) is 0.236. The maximum absolute atomic E-state index is 13.8. The zero-order valence-electron chi connectivity index (χ0n) is 23.1. The minimum Gasteiger partial charge on any atom is -0.478 e. The first-order valence-electron chi connectivity index (χ1n) is 14.2. The molecule has 2 aromatic rings. The summed E-state index contributed by atoms with van der Waals surface area (Å²) >= 11 is 0. The van der Waals surface area contributed by atoms with E-state index in [0.29, 0.717) is 37.8 Å². The summed E-state index contributed by atoms with van der Waals surface area (Å²) in [6.45, 7) is 0. The number of carboxylic acids is 1. The Morgan fingerprint density at radius 1 is 0.886 bits per heavy atom. The lowest BCUT2D eigenvalue weighted by molar-refractivity contribution is -0.140. The molecule has 0 saturated heterocycles. The monoisotopic (exact) mass is 626 g/mol. The van der Waals surface area contributed by atoms with E-state index in [1.807, 2.05) is 0 Å². The van der Waals surface area contributed by atoms with Crippen LogP contribution in [0.1, 0.15) is 65.9 Å². The van der Waals surface area contributed by atoms with Gasteiger partial charge < -0.3 is 15.7 Å². The van der Waals surface area contributed by atoms with E-state index in [2.05, 4.69) is 10.6 Å². The van der Waals surface area contributed by atoms with Crippen LogP contribution < -0.4 is 10.6 Å². The number of benzene rings is 2. The van der Waals surface area contributed by atoms with Crippen molar-refractivity contribution in [2.24, 2.45) is 23.7 Å². The van der Waals surface area contributed by atoms with Crippen molar-refractivity contribution in [3.8, 4) is 0 Å². The lowest BCUT2D eigenvalue weighted by Gasteiger charge is -2.34. The minimum atomic E-state index is -5.04. The van der Waals surface area contributed by atoms with E-state index in [4.69, 9.17) is 0 Å². The molecule has 3 aliphatic rings. The SMILES string of the molecule is O=C(O)c1cccc(C2CCCC(C(=O)N[C@@H]3C4CCC(C4=CC(F)(F)F)[C@@H]3C(=O)Nc3ccc(F)c(C(F)(F)F)c3)C2)c1. The molecule has 236 valence electrons. The number of amides is 2. The molecule has 0 spiro atoms. The molecule has 3 saturated carbocycles. The van der Waals surface area contributed by atoms with Crippen LogP contribution in [0.5, 0.6) is 0 Å². The molecule has 2 aromatic carbocycles. The molecular weight excluding hydrogens is 597 g/mol. The second-order valence-electron chi connectivity index (χ2n) is 11.7. The van der Waals surface area contributed by atoms with Crippen LogP contribution in [0.3, 0.4) is 0 Å². The molecule has 0 heterocycles. The molecule has 44 heavy (non-hydrogen) atoms. The maximum Gasteiger partial charge on any atom is 0.419 e. The van der Waals surface area contributed by atoms with Crippen molar-refractivity contribution < 1.29 is 50.2 Å². The van der Waals surface area contributed by atoms with Crippen molar-refractivity contribution in [3.63, 3.8) is 0 Å².